The van der Waals surface area contributed by atoms with E-state index in [9.17, 15) is 9.59 Å². The summed E-state index contributed by atoms with van der Waals surface area (Å²) in [6, 6.07) is 8.99. The van der Waals surface area contributed by atoms with E-state index in [0.29, 0.717) is 37.4 Å². The fraction of sp³-hybridized carbons (Fsp3) is 0.400. The standard InChI is InChI=1S/C20H23N5O2/c26-19(16-6-5-9-22-18(16)23-10-3-4-11-23)24-12-14-25(15-13-24)20(27)17-7-1-2-8-21-17/h1-2,5-9H,3-4,10-15H2. The topological polar surface area (TPSA) is 69.6 Å². The van der Waals surface area contributed by atoms with Gasteiger partial charge in [0.15, 0.2) is 0 Å². The largest absolute Gasteiger partial charge is 0.356 e. The van der Waals surface area contributed by atoms with E-state index in [-0.39, 0.29) is 11.8 Å². The molecule has 4 rings (SSSR count). The molecule has 27 heavy (non-hydrogen) atoms. The van der Waals surface area contributed by atoms with E-state index in [1.807, 2.05) is 23.1 Å². The Kier molecular flexibility index (Phi) is 5.00. The van der Waals surface area contributed by atoms with Crippen LogP contribution in [0.15, 0.2) is 42.7 Å². The maximum absolute atomic E-state index is 13.1. The molecule has 7 nitrogen and oxygen atoms in total. The first-order valence-corrected chi connectivity index (χ1v) is 9.43. The van der Waals surface area contributed by atoms with Crippen molar-refractivity contribution in [3.8, 4) is 0 Å². The first-order valence-electron chi connectivity index (χ1n) is 9.43. The molecule has 0 aromatic carbocycles. The van der Waals surface area contributed by atoms with Gasteiger partial charge in [0.1, 0.15) is 11.5 Å². The maximum atomic E-state index is 13.1. The summed E-state index contributed by atoms with van der Waals surface area (Å²) in [5.41, 5.74) is 1.10. The molecule has 140 valence electrons. The second kappa shape index (κ2) is 7.73. The van der Waals surface area contributed by atoms with Crippen LogP contribution in [0.2, 0.25) is 0 Å². The summed E-state index contributed by atoms with van der Waals surface area (Å²) in [4.78, 5) is 39.9. The Hall–Kier alpha value is -2.96. The molecule has 0 aliphatic carbocycles. The van der Waals surface area contributed by atoms with Crippen molar-refractivity contribution in [2.45, 2.75) is 12.8 Å². The van der Waals surface area contributed by atoms with E-state index in [4.69, 9.17) is 0 Å². The fourth-order valence-corrected chi connectivity index (χ4v) is 3.68. The lowest BCUT2D eigenvalue weighted by Crippen LogP contribution is -2.51. The zero-order valence-corrected chi connectivity index (χ0v) is 15.3. The molecule has 2 aliphatic heterocycles. The van der Waals surface area contributed by atoms with Gasteiger partial charge in [-0.15, -0.1) is 0 Å². The smallest absolute Gasteiger partial charge is 0.272 e. The quantitative estimate of drug-likeness (QED) is 0.828. The van der Waals surface area contributed by atoms with Gasteiger partial charge in [-0.3, -0.25) is 14.6 Å². The monoisotopic (exact) mass is 365 g/mol. The highest BCUT2D eigenvalue weighted by Crippen LogP contribution is 2.23. The number of piperazine rings is 1. The van der Waals surface area contributed by atoms with E-state index in [2.05, 4.69) is 14.9 Å². The van der Waals surface area contributed by atoms with Gasteiger partial charge < -0.3 is 14.7 Å². The molecule has 2 saturated heterocycles. The normalized spacial score (nSPS) is 17.3. The van der Waals surface area contributed by atoms with Gasteiger partial charge in [0.25, 0.3) is 11.8 Å². The van der Waals surface area contributed by atoms with Gasteiger partial charge in [0, 0.05) is 51.7 Å². The third kappa shape index (κ3) is 3.63. The number of anilines is 1. The third-order valence-corrected chi connectivity index (χ3v) is 5.16. The van der Waals surface area contributed by atoms with Gasteiger partial charge in [-0.1, -0.05) is 6.07 Å². The first kappa shape index (κ1) is 17.5. The Labute approximate surface area is 158 Å². The van der Waals surface area contributed by atoms with E-state index < -0.39 is 0 Å². The Bertz CT molecular complexity index is 812. The summed E-state index contributed by atoms with van der Waals surface area (Å²) in [5, 5.41) is 0. The summed E-state index contributed by atoms with van der Waals surface area (Å²) in [5.74, 6) is 0.698. The van der Waals surface area contributed by atoms with Crippen LogP contribution in [0, 0.1) is 0 Å². The zero-order valence-electron chi connectivity index (χ0n) is 15.3. The van der Waals surface area contributed by atoms with E-state index in [1.165, 1.54) is 0 Å². The minimum Gasteiger partial charge on any atom is -0.356 e. The number of aromatic nitrogens is 2. The van der Waals surface area contributed by atoms with Crippen molar-refractivity contribution in [1.29, 1.82) is 0 Å². The molecule has 0 radical (unpaired) electrons. The molecule has 7 heteroatoms. The second-order valence-electron chi connectivity index (χ2n) is 6.87. The Morgan fingerprint density at radius 1 is 0.741 bits per heavy atom. The number of hydrogen-bond acceptors (Lipinski definition) is 5. The molecule has 2 amide bonds. The van der Waals surface area contributed by atoms with E-state index in [1.54, 1.807) is 29.4 Å². The first-order chi connectivity index (χ1) is 13.2. The van der Waals surface area contributed by atoms with Gasteiger partial charge in [-0.2, -0.15) is 0 Å². The molecule has 2 aromatic rings. The van der Waals surface area contributed by atoms with Crippen LogP contribution in [0.4, 0.5) is 5.82 Å². The van der Waals surface area contributed by atoms with Crippen LogP contribution >= 0.6 is 0 Å². The predicted octanol–water partition coefficient (Wildman–Crippen LogP) is 1.67. The minimum atomic E-state index is -0.0816. The van der Waals surface area contributed by atoms with Crippen molar-refractivity contribution >= 4 is 17.6 Å². The Morgan fingerprint density at radius 3 is 2.07 bits per heavy atom. The van der Waals surface area contributed by atoms with Crippen LogP contribution in [0.25, 0.3) is 0 Å². The molecular weight excluding hydrogens is 342 g/mol. The van der Waals surface area contributed by atoms with Crippen LogP contribution in [-0.2, 0) is 0 Å². The average Bonchev–Trinajstić information content (AvgIpc) is 3.28. The highest BCUT2D eigenvalue weighted by atomic mass is 16.2. The molecule has 0 saturated carbocycles. The molecule has 2 aliphatic rings. The highest BCUT2D eigenvalue weighted by molar-refractivity contribution is 5.99. The molecule has 4 heterocycles. The van der Waals surface area contributed by atoms with Crippen LogP contribution < -0.4 is 4.90 Å². The lowest BCUT2D eigenvalue weighted by atomic mass is 10.2. The van der Waals surface area contributed by atoms with Crippen molar-refractivity contribution in [3.05, 3.63) is 54.0 Å². The molecule has 2 fully saturated rings. The van der Waals surface area contributed by atoms with E-state index in [0.717, 1.165) is 31.7 Å². The highest BCUT2D eigenvalue weighted by Gasteiger charge is 2.28. The molecule has 0 N–H and O–H groups in total. The summed E-state index contributed by atoms with van der Waals surface area (Å²) in [6.07, 6.45) is 5.64. The van der Waals surface area contributed by atoms with Crippen molar-refractivity contribution in [1.82, 2.24) is 19.8 Å². The number of pyridine rings is 2. The predicted molar refractivity (Wildman–Crippen MR) is 102 cm³/mol. The molecule has 0 spiro atoms. The summed E-state index contributed by atoms with van der Waals surface area (Å²) < 4.78 is 0. The van der Waals surface area contributed by atoms with Gasteiger partial charge in [0.2, 0.25) is 0 Å². The fourth-order valence-electron chi connectivity index (χ4n) is 3.68. The molecule has 0 atom stereocenters. The van der Waals surface area contributed by atoms with Gasteiger partial charge in [-0.05, 0) is 37.1 Å². The maximum Gasteiger partial charge on any atom is 0.272 e. The number of hydrogen-bond donors (Lipinski definition) is 0. The van der Waals surface area contributed by atoms with Crippen molar-refractivity contribution in [2.75, 3.05) is 44.2 Å². The number of carbonyl (C=O) groups is 2. The van der Waals surface area contributed by atoms with Crippen LogP contribution in [0.5, 0.6) is 0 Å². The van der Waals surface area contributed by atoms with Crippen molar-refractivity contribution in [3.63, 3.8) is 0 Å². The minimum absolute atomic E-state index is 0.00469. The van der Waals surface area contributed by atoms with Crippen LogP contribution in [0.1, 0.15) is 33.7 Å². The van der Waals surface area contributed by atoms with E-state index >= 15 is 0 Å². The van der Waals surface area contributed by atoms with Crippen LogP contribution in [-0.4, -0.2) is 70.9 Å². The van der Waals surface area contributed by atoms with Gasteiger partial charge >= 0.3 is 0 Å². The number of nitrogens with zero attached hydrogens (tertiary/aromatic N) is 5. The SMILES string of the molecule is O=C(c1ccccn1)N1CCN(C(=O)c2cccnc2N2CCCC2)CC1. The lowest BCUT2D eigenvalue weighted by Gasteiger charge is -2.35. The number of carbonyl (C=O) groups excluding carboxylic acids is 2. The molecular formula is C20H23N5O2. The lowest BCUT2D eigenvalue weighted by molar-refractivity contribution is 0.0532. The number of amides is 2. The average molecular weight is 365 g/mol. The Morgan fingerprint density at radius 2 is 1.41 bits per heavy atom. The summed E-state index contributed by atoms with van der Waals surface area (Å²) in [6.45, 7) is 3.96. The Balaban J connectivity index is 1.43. The molecule has 2 aromatic heterocycles. The van der Waals surface area contributed by atoms with Gasteiger partial charge in [-0.25, -0.2) is 4.98 Å². The summed E-state index contributed by atoms with van der Waals surface area (Å²) in [7, 11) is 0. The van der Waals surface area contributed by atoms with Crippen molar-refractivity contribution in [2.24, 2.45) is 0 Å². The molecule has 0 unspecified atom stereocenters. The third-order valence-electron chi connectivity index (χ3n) is 5.16. The van der Waals surface area contributed by atoms with Crippen LogP contribution in [0.3, 0.4) is 0 Å². The number of rotatable bonds is 3. The van der Waals surface area contributed by atoms with Gasteiger partial charge in [0.05, 0.1) is 5.56 Å². The van der Waals surface area contributed by atoms with Crippen molar-refractivity contribution < 1.29 is 9.59 Å². The second-order valence-corrected chi connectivity index (χ2v) is 6.87. The molecule has 0 bridgehead atoms. The zero-order chi connectivity index (χ0) is 18.6. The summed E-state index contributed by atoms with van der Waals surface area (Å²) >= 11 is 0.